The maximum absolute atomic E-state index is 11.5. The van der Waals surface area contributed by atoms with Crippen molar-refractivity contribution in [1.82, 2.24) is 0 Å². The summed E-state index contributed by atoms with van der Waals surface area (Å²) in [7, 11) is 0. The summed E-state index contributed by atoms with van der Waals surface area (Å²) in [5.74, 6) is 1.39. The number of hydrogen-bond acceptors (Lipinski definition) is 3. The Bertz CT molecular complexity index is 555. The highest BCUT2D eigenvalue weighted by atomic mass is 16.5. The molecular formula is C25H43NO3. The van der Waals surface area contributed by atoms with Gasteiger partial charge < -0.3 is 14.8 Å². The summed E-state index contributed by atoms with van der Waals surface area (Å²) in [6.45, 7) is 8.72. The zero-order valence-electron chi connectivity index (χ0n) is 19.2. The summed E-state index contributed by atoms with van der Waals surface area (Å²) in [5.41, 5.74) is 0.704. The van der Waals surface area contributed by atoms with Crippen molar-refractivity contribution >= 4 is 11.6 Å². The molecule has 29 heavy (non-hydrogen) atoms. The average Bonchev–Trinajstić information content (AvgIpc) is 2.71. The summed E-state index contributed by atoms with van der Waals surface area (Å²) in [4.78, 5) is 11.5. The Hall–Kier alpha value is -1.71. The Morgan fingerprint density at radius 1 is 0.897 bits per heavy atom. The lowest BCUT2D eigenvalue weighted by atomic mass is 10.1. The molecule has 0 aliphatic heterocycles. The number of amides is 1. The lowest BCUT2D eigenvalue weighted by Gasteiger charge is -2.19. The van der Waals surface area contributed by atoms with E-state index < -0.39 is 0 Å². The maximum atomic E-state index is 11.5. The highest BCUT2D eigenvalue weighted by Crippen LogP contribution is 2.31. The number of anilines is 1. The average molecular weight is 406 g/mol. The van der Waals surface area contributed by atoms with Crippen LogP contribution in [-0.4, -0.2) is 18.6 Å². The van der Waals surface area contributed by atoms with Crippen LogP contribution in [0.1, 0.15) is 105 Å². The fourth-order valence-corrected chi connectivity index (χ4v) is 3.40. The predicted molar refractivity (Wildman–Crippen MR) is 123 cm³/mol. The minimum absolute atomic E-state index is 0.0987. The summed E-state index contributed by atoms with van der Waals surface area (Å²) < 4.78 is 12.0. The van der Waals surface area contributed by atoms with Gasteiger partial charge in [0.25, 0.3) is 0 Å². The van der Waals surface area contributed by atoms with Crippen LogP contribution in [0.3, 0.4) is 0 Å². The monoisotopic (exact) mass is 405 g/mol. The number of ether oxygens (including phenoxy) is 2. The van der Waals surface area contributed by atoms with Crippen molar-refractivity contribution in [2.45, 2.75) is 111 Å². The van der Waals surface area contributed by atoms with Crippen molar-refractivity contribution in [2.75, 3.05) is 11.9 Å². The lowest BCUT2D eigenvalue weighted by Crippen LogP contribution is -2.16. The van der Waals surface area contributed by atoms with Crippen LogP contribution in [0, 0.1) is 0 Å². The molecule has 0 saturated heterocycles. The molecule has 0 fully saturated rings. The van der Waals surface area contributed by atoms with Gasteiger partial charge in [-0.05, 0) is 31.4 Å². The zero-order valence-corrected chi connectivity index (χ0v) is 19.2. The highest BCUT2D eigenvalue weighted by molar-refractivity contribution is 5.90. The third-order valence-corrected chi connectivity index (χ3v) is 5.23. The Kier molecular flexibility index (Phi) is 14.1. The molecule has 4 nitrogen and oxygen atoms in total. The van der Waals surface area contributed by atoms with Gasteiger partial charge >= 0.3 is 0 Å². The summed E-state index contributed by atoms with van der Waals surface area (Å²) in [6.07, 6.45) is 15.2. The van der Waals surface area contributed by atoms with Gasteiger partial charge in [0.2, 0.25) is 5.91 Å². The molecular weight excluding hydrogens is 362 g/mol. The number of benzene rings is 1. The van der Waals surface area contributed by atoms with E-state index in [2.05, 4.69) is 26.1 Å². The van der Waals surface area contributed by atoms with Crippen LogP contribution in [0.4, 0.5) is 5.69 Å². The van der Waals surface area contributed by atoms with Crippen molar-refractivity contribution in [3.05, 3.63) is 18.2 Å². The van der Waals surface area contributed by atoms with Crippen LogP contribution in [-0.2, 0) is 4.79 Å². The molecule has 0 aliphatic rings. The SMILES string of the molecule is CCCCCCCCCCCCOc1ccc(NC(C)=O)c(OC(CC)CC)c1. The van der Waals surface area contributed by atoms with E-state index in [1.54, 1.807) is 0 Å². The minimum atomic E-state index is -0.0987. The molecule has 0 radical (unpaired) electrons. The van der Waals surface area contributed by atoms with Crippen LogP contribution in [0.25, 0.3) is 0 Å². The van der Waals surface area contributed by atoms with E-state index in [1.807, 2.05) is 18.2 Å². The Labute approximate surface area is 178 Å². The van der Waals surface area contributed by atoms with E-state index in [4.69, 9.17) is 9.47 Å². The van der Waals surface area contributed by atoms with Gasteiger partial charge in [0, 0.05) is 13.0 Å². The fourth-order valence-electron chi connectivity index (χ4n) is 3.40. The smallest absolute Gasteiger partial charge is 0.221 e. The van der Waals surface area contributed by atoms with Crippen LogP contribution >= 0.6 is 0 Å². The van der Waals surface area contributed by atoms with Gasteiger partial charge in [0.1, 0.15) is 11.5 Å². The third-order valence-electron chi connectivity index (χ3n) is 5.23. The Balaban J connectivity index is 2.35. The molecule has 1 aromatic carbocycles. The van der Waals surface area contributed by atoms with Crippen LogP contribution in [0.2, 0.25) is 0 Å². The molecule has 1 amide bonds. The van der Waals surface area contributed by atoms with Gasteiger partial charge in [0.15, 0.2) is 0 Å². The first-order valence-corrected chi connectivity index (χ1v) is 11.8. The summed E-state index contributed by atoms with van der Waals surface area (Å²) in [5, 5.41) is 2.85. The molecule has 0 atom stereocenters. The Morgan fingerprint density at radius 3 is 2.03 bits per heavy atom. The van der Waals surface area contributed by atoms with Crippen LogP contribution in [0.5, 0.6) is 11.5 Å². The number of carbonyl (C=O) groups excluding carboxylic acids is 1. The van der Waals surface area contributed by atoms with Crippen molar-refractivity contribution < 1.29 is 14.3 Å². The molecule has 0 unspecified atom stereocenters. The molecule has 0 saturated carbocycles. The van der Waals surface area contributed by atoms with E-state index in [9.17, 15) is 4.79 Å². The Morgan fingerprint density at radius 2 is 1.48 bits per heavy atom. The molecule has 1 aromatic rings. The number of nitrogens with one attached hydrogen (secondary N) is 1. The van der Waals surface area contributed by atoms with Gasteiger partial charge in [-0.3, -0.25) is 4.79 Å². The minimum Gasteiger partial charge on any atom is -0.493 e. The zero-order chi connectivity index (χ0) is 21.3. The molecule has 0 heterocycles. The lowest BCUT2D eigenvalue weighted by molar-refractivity contribution is -0.114. The third kappa shape index (κ3) is 11.8. The van der Waals surface area contributed by atoms with Crippen LogP contribution in [0.15, 0.2) is 18.2 Å². The molecule has 0 aliphatic carbocycles. The van der Waals surface area contributed by atoms with Crippen molar-refractivity contribution in [1.29, 1.82) is 0 Å². The second-order valence-corrected chi connectivity index (χ2v) is 7.93. The van der Waals surface area contributed by atoms with Gasteiger partial charge in [-0.15, -0.1) is 0 Å². The molecule has 0 aromatic heterocycles. The molecule has 0 spiro atoms. The normalized spacial score (nSPS) is 10.9. The van der Waals surface area contributed by atoms with Gasteiger partial charge in [-0.1, -0.05) is 78.6 Å². The number of carbonyl (C=O) groups is 1. The topological polar surface area (TPSA) is 47.6 Å². The summed E-state index contributed by atoms with van der Waals surface area (Å²) in [6, 6.07) is 5.67. The van der Waals surface area contributed by atoms with E-state index >= 15 is 0 Å². The largest absolute Gasteiger partial charge is 0.493 e. The van der Waals surface area contributed by atoms with E-state index in [0.717, 1.165) is 31.6 Å². The van der Waals surface area contributed by atoms with Crippen LogP contribution < -0.4 is 14.8 Å². The molecule has 1 rings (SSSR count). The van der Waals surface area contributed by atoms with Crippen molar-refractivity contribution in [3.8, 4) is 11.5 Å². The second kappa shape index (κ2) is 16.1. The van der Waals surface area contributed by atoms with E-state index in [-0.39, 0.29) is 12.0 Å². The van der Waals surface area contributed by atoms with Gasteiger partial charge in [-0.25, -0.2) is 0 Å². The van der Waals surface area contributed by atoms with Gasteiger partial charge in [0.05, 0.1) is 18.4 Å². The molecule has 0 bridgehead atoms. The molecule has 1 N–H and O–H groups in total. The first-order valence-electron chi connectivity index (χ1n) is 11.8. The van der Waals surface area contributed by atoms with E-state index in [1.165, 1.54) is 64.7 Å². The van der Waals surface area contributed by atoms with Gasteiger partial charge in [-0.2, -0.15) is 0 Å². The standard InChI is InChI=1S/C25H43NO3/c1-5-8-9-10-11-12-13-14-15-16-19-28-23-17-18-24(26-21(4)27)25(20-23)29-22(6-2)7-3/h17-18,20,22H,5-16,19H2,1-4H3,(H,26,27). The number of unbranched alkanes of at least 4 members (excludes halogenated alkanes) is 9. The summed E-state index contributed by atoms with van der Waals surface area (Å²) >= 11 is 0. The first-order chi connectivity index (χ1) is 14.1. The second-order valence-electron chi connectivity index (χ2n) is 7.93. The fraction of sp³-hybridized carbons (Fsp3) is 0.720. The van der Waals surface area contributed by atoms with Crippen molar-refractivity contribution in [2.24, 2.45) is 0 Å². The highest BCUT2D eigenvalue weighted by Gasteiger charge is 2.12. The first kappa shape index (κ1) is 25.3. The molecule has 166 valence electrons. The van der Waals surface area contributed by atoms with Crippen molar-refractivity contribution in [3.63, 3.8) is 0 Å². The molecule has 4 heteroatoms. The number of rotatable bonds is 17. The predicted octanol–water partition coefficient (Wildman–Crippen LogP) is 7.51. The maximum Gasteiger partial charge on any atom is 0.221 e. The quantitative estimate of drug-likeness (QED) is 0.273. The van der Waals surface area contributed by atoms with E-state index in [0.29, 0.717) is 11.4 Å². The number of hydrogen-bond donors (Lipinski definition) is 1.